The second-order valence-electron chi connectivity index (χ2n) is 5.24. The first-order chi connectivity index (χ1) is 13.1. The molecule has 28 heavy (non-hydrogen) atoms. The highest BCUT2D eigenvalue weighted by Gasteiger charge is 2.33. The lowest BCUT2D eigenvalue weighted by molar-refractivity contribution is -0.137. The van der Waals surface area contributed by atoms with E-state index in [4.69, 9.17) is 16.7 Å². The number of halogens is 4. The maximum atomic E-state index is 12.8. The summed E-state index contributed by atoms with van der Waals surface area (Å²) in [7, 11) is 0. The fraction of sp³-hybridized carbons (Fsp3) is 0.0588. The quantitative estimate of drug-likeness (QED) is 0.406. The van der Waals surface area contributed by atoms with Gasteiger partial charge in [0, 0.05) is 11.3 Å². The van der Waals surface area contributed by atoms with E-state index in [1.807, 2.05) is 10.7 Å². The Hall–Kier alpha value is -3.40. The lowest BCUT2D eigenvalue weighted by Gasteiger charge is -2.11. The molecule has 2 aromatic rings. The van der Waals surface area contributed by atoms with Gasteiger partial charge in [0.2, 0.25) is 0 Å². The standard InChI is InChI=1S/C17H11ClF3N3O4/c18-13-6-5-10(7-12(13)17(19,20)21)23-14(25)15(26)24-22-8-9-3-1-2-4-11(9)16(27)28/h1-8H,(H,23,25)(H,24,26)(H,27,28)/b22-8-. The van der Waals surface area contributed by atoms with Gasteiger partial charge in [0.15, 0.2) is 0 Å². The number of carbonyl (C=O) groups excluding carboxylic acids is 2. The van der Waals surface area contributed by atoms with Crippen LogP contribution < -0.4 is 10.7 Å². The van der Waals surface area contributed by atoms with Crippen LogP contribution in [-0.2, 0) is 15.8 Å². The zero-order valence-electron chi connectivity index (χ0n) is 13.7. The van der Waals surface area contributed by atoms with Crippen molar-refractivity contribution >= 4 is 41.3 Å². The Balaban J connectivity index is 2.05. The van der Waals surface area contributed by atoms with Crippen LogP contribution in [0.4, 0.5) is 18.9 Å². The largest absolute Gasteiger partial charge is 0.478 e. The molecule has 0 atom stereocenters. The minimum absolute atomic E-state index is 0.0780. The van der Waals surface area contributed by atoms with E-state index in [1.54, 1.807) is 6.07 Å². The van der Waals surface area contributed by atoms with Gasteiger partial charge in [-0.15, -0.1) is 0 Å². The van der Waals surface area contributed by atoms with Crippen LogP contribution in [0, 0.1) is 0 Å². The topological polar surface area (TPSA) is 108 Å². The van der Waals surface area contributed by atoms with Gasteiger partial charge in [-0.2, -0.15) is 18.3 Å². The first-order valence-corrected chi connectivity index (χ1v) is 7.81. The number of hydrogen-bond acceptors (Lipinski definition) is 4. The van der Waals surface area contributed by atoms with Crippen molar-refractivity contribution in [3.05, 3.63) is 64.2 Å². The first-order valence-electron chi connectivity index (χ1n) is 7.43. The highest BCUT2D eigenvalue weighted by molar-refractivity contribution is 6.39. The molecule has 146 valence electrons. The predicted molar refractivity (Wildman–Crippen MR) is 94.2 cm³/mol. The SMILES string of the molecule is O=C(N/N=C\c1ccccc1C(=O)O)C(=O)Nc1ccc(Cl)c(C(F)(F)F)c1. The molecule has 0 radical (unpaired) electrons. The summed E-state index contributed by atoms with van der Waals surface area (Å²) in [6.07, 6.45) is -3.72. The van der Waals surface area contributed by atoms with E-state index in [0.717, 1.165) is 18.3 Å². The number of carboxylic acid groups (broad SMARTS) is 1. The van der Waals surface area contributed by atoms with Crippen molar-refractivity contribution in [2.24, 2.45) is 5.10 Å². The van der Waals surface area contributed by atoms with Gasteiger partial charge in [-0.1, -0.05) is 29.8 Å². The number of amides is 2. The smallest absolute Gasteiger partial charge is 0.417 e. The number of anilines is 1. The van der Waals surface area contributed by atoms with Crippen molar-refractivity contribution in [3.63, 3.8) is 0 Å². The van der Waals surface area contributed by atoms with Crippen LogP contribution in [0.5, 0.6) is 0 Å². The number of benzene rings is 2. The molecule has 0 aliphatic rings. The van der Waals surface area contributed by atoms with Gasteiger partial charge in [-0.05, 0) is 24.3 Å². The third-order valence-corrected chi connectivity index (χ3v) is 3.63. The minimum atomic E-state index is -4.73. The highest BCUT2D eigenvalue weighted by atomic mass is 35.5. The van der Waals surface area contributed by atoms with Gasteiger partial charge in [-0.25, -0.2) is 10.2 Å². The number of hydrogen-bond donors (Lipinski definition) is 3. The fourth-order valence-corrected chi connectivity index (χ4v) is 2.25. The van der Waals surface area contributed by atoms with Crippen LogP contribution in [0.15, 0.2) is 47.6 Å². The summed E-state index contributed by atoms with van der Waals surface area (Å²) in [4.78, 5) is 34.5. The molecule has 0 aliphatic carbocycles. The van der Waals surface area contributed by atoms with Gasteiger partial charge < -0.3 is 10.4 Å². The van der Waals surface area contributed by atoms with Crippen molar-refractivity contribution in [2.45, 2.75) is 6.18 Å². The molecule has 0 heterocycles. The van der Waals surface area contributed by atoms with Crippen molar-refractivity contribution in [1.29, 1.82) is 0 Å². The molecule has 2 aromatic carbocycles. The van der Waals surface area contributed by atoms with Crippen molar-refractivity contribution in [1.82, 2.24) is 5.43 Å². The molecule has 2 rings (SSSR count). The molecule has 0 aliphatic heterocycles. The number of rotatable bonds is 4. The van der Waals surface area contributed by atoms with Crippen LogP contribution in [0.1, 0.15) is 21.5 Å². The van der Waals surface area contributed by atoms with Crippen LogP contribution >= 0.6 is 11.6 Å². The predicted octanol–water partition coefficient (Wildman–Crippen LogP) is 3.15. The normalized spacial score (nSPS) is 11.3. The summed E-state index contributed by atoms with van der Waals surface area (Å²) in [5.74, 6) is -3.76. The summed E-state index contributed by atoms with van der Waals surface area (Å²) in [5, 5.41) is 13.9. The van der Waals surface area contributed by atoms with Gasteiger partial charge in [-0.3, -0.25) is 9.59 Å². The third kappa shape index (κ3) is 5.30. The average Bonchev–Trinajstić information content (AvgIpc) is 2.62. The lowest BCUT2D eigenvalue weighted by Crippen LogP contribution is -2.32. The molecule has 0 aromatic heterocycles. The second-order valence-corrected chi connectivity index (χ2v) is 5.65. The molecular formula is C17H11ClF3N3O4. The van der Waals surface area contributed by atoms with E-state index in [9.17, 15) is 27.6 Å². The molecule has 0 bridgehead atoms. The monoisotopic (exact) mass is 413 g/mol. The van der Waals surface area contributed by atoms with Gasteiger partial charge in [0.1, 0.15) is 0 Å². The number of hydrazone groups is 1. The Morgan fingerprint density at radius 1 is 1.07 bits per heavy atom. The average molecular weight is 414 g/mol. The Kier molecular flexibility index (Phi) is 6.37. The summed E-state index contributed by atoms with van der Waals surface area (Å²) < 4.78 is 38.4. The molecule has 0 unspecified atom stereocenters. The van der Waals surface area contributed by atoms with E-state index in [2.05, 4.69) is 5.10 Å². The zero-order valence-corrected chi connectivity index (χ0v) is 14.5. The molecule has 0 saturated carbocycles. The van der Waals surface area contributed by atoms with Crippen molar-refractivity contribution in [2.75, 3.05) is 5.32 Å². The highest BCUT2D eigenvalue weighted by Crippen LogP contribution is 2.36. The van der Waals surface area contributed by atoms with E-state index in [-0.39, 0.29) is 16.8 Å². The Morgan fingerprint density at radius 2 is 1.75 bits per heavy atom. The van der Waals surface area contributed by atoms with Crippen LogP contribution in [0.25, 0.3) is 0 Å². The Morgan fingerprint density at radius 3 is 2.39 bits per heavy atom. The molecular weight excluding hydrogens is 403 g/mol. The maximum absolute atomic E-state index is 12.8. The summed E-state index contributed by atoms with van der Waals surface area (Å²) in [6.45, 7) is 0. The van der Waals surface area contributed by atoms with Crippen LogP contribution in [-0.4, -0.2) is 29.1 Å². The maximum Gasteiger partial charge on any atom is 0.417 e. The van der Waals surface area contributed by atoms with Gasteiger partial charge >= 0.3 is 24.0 Å². The van der Waals surface area contributed by atoms with Crippen LogP contribution in [0.3, 0.4) is 0 Å². The van der Waals surface area contributed by atoms with Crippen LogP contribution in [0.2, 0.25) is 5.02 Å². The molecule has 3 N–H and O–H groups in total. The van der Waals surface area contributed by atoms with Crippen molar-refractivity contribution in [3.8, 4) is 0 Å². The molecule has 7 nitrogen and oxygen atoms in total. The van der Waals surface area contributed by atoms with E-state index in [0.29, 0.717) is 6.07 Å². The number of aromatic carboxylic acids is 1. The molecule has 11 heteroatoms. The number of nitrogens with one attached hydrogen (secondary N) is 2. The third-order valence-electron chi connectivity index (χ3n) is 3.30. The molecule has 2 amide bonds. The zero-order chi connectivity index (χ0) is 20.9. The van der Waals surface area contributed by atoms with E-state index < -0.39 is 34.5 Å². The van der Waals surface area contributed by atoms with E-state index >= 15 is 0 Å². The van der Waals surface area contributed by atoms with E-state index in [1.165, 1.54) is 18.2 Å². The lowest BCUT2D eigenvalue weighted by atomic mass is 10.1. The van der Waals surface area contributed by atoms with Gasteiger partial charge in [0.25, 0.3) is 0 Å². The Bertz CT molecular complexity index is 961. The molecule has 0 saturated heterocycles. The molecule has 0 spiro atoms. The minimum Gasteiger partial charge on any atom is -0.478 e. The summed E-state index contributed by atoms with van der Waals surface area (Å²) in [6, 6.07) is 8.38. The number of carboxylic acids is 1. The van der Waals surface area contributed by atoms with Crippen molar-refractivity contribution < 1.29 is 32.7 Å². The molecule has 0 fully saturated rings. The number of alkyl halides is 3. The second kappa shape index (κ2) is 8.53. The summed E-state index contributed by atoms with van der Waals surface area (Å²) in [5.41, 5.74) is 0.477. The Labute approximate surface area is 160 Å². The number of carbonyl (C=O) groups is 3. The first kappa shape index (κ1) is 20.9. The fourth-order valence-electron chi connectivity index (χ4n) is 2.02. The van der Waals surface area contributed by atoms with Gasteiger partial charge in [0.05, 0.1) is 22.4 Å². The number of nitrogens with zero attached hydrogens (tertiary/aromatic N) is 1. The summed E-state index contributed by atoms with van der Waals surface area (Å²) >= 11 is 5.47.